The fourth-order valence-corrected chi connectivity index (χ4v) is 3.61. The van der Waals surface area contributed by atoms with Gasteiger partial charge >= 0.3 is 12.1 Å². The molecule has 0 spiro atoms. The molecule has 6 nitrogen and oxygen atoms in total. The third-order valence-corrected chi connectivity index (χ3v) is 4.63. The lowest BCUT2D eigenvalue weighted by atomic mass is 9.72. The molecule has 132 valence electrons. The molecular weight excluding hydrogens is 298 g/mol. The van der Waals surface area contributed by atoms with Crippen LogP contribution in [0.2, 0.25) is 0 Å². The van der Waals surface area contributed by atoms with Crippen molar-refractivity contribution in [3.63, 3.8) is 0 Å². The van der Waals surface area contributed by atoms with E-state index < -0.39 is 17.7 Å². The van der Waals surface area contributed by atoms with Crippen LogP contribution in [0.25, 0.3) is 0 Å². The van der Waals surface area contributed by atoms with E-state index >= 15 is 0 Å². The zero-order valence-electron chi connectivity index (χ0n) is 14.6. The standard InChI is InChI=1S/C17H29NO5/c1-5-22-15(20)14-9-12-8-13(19)7-6-11(12)10-18(14)16(21)23-17(2,3)4/h11-14,19H,5-10H2,1-4H3/t11-,12-,13-,14-/m0/s1. The van der Waals surface area contributed by atoms with Crippen LogP contribution in [0.1, 0.15) is 53.4 Å². The van der Waals surface area contributed by atoms with Gasteiger partial charge in [-0.15, -0.1) is 0 Å². The summed E-state index contributed by atoms with van der Waals surface area (Å²) in [7, 11) is 0. The summed E-state index contributed by atoms with van der Waals surface area (Å²) >= 11 is 0. The number of aliphatic hydroxyl groups is 1. The average molecular weight is 327 g/mol. The van der Waals surface area contributed by atoms with Crippen molar-refractivity contribution in [2.75, 3.05) is 13.2 Å². The number of carbonyl (C=O) groups is 2. The molecule has 0 radical (unpaired) electrons. The lowest BCUT2D eigenvalue weighted by Gasteiger charge is -2.45. The van der Waals surface area contributed by atoms with E-state index in [1.165, 1.54) is 4.90 Å². The van der Waals surface area contributed by atoms with Gasteiger partial charge in [0.2, 0.25) is 0 Å². The predicted molar refractivity (Wildman–Crippen MR) is 84.8 cm³/mol. The highest BCUT2D eigenvalue weighted by molar-refractivity contribution is 5.82. The number of rotatable bonds is 2. The highest BCUT2D eigenvalue weighted by atomic mass is 16.6. The number of hydrogen-bond acceptors (Lipinski definition) is 5. The summed E-state index contributed by atoms with van der Waals surface area (Å²) in [4.78, 5) is 26.3. The fourth-order valence-electron chi connectivity index (χ4n) is 3.61. The summed E-state index contributed by atoms with van der Waals surface area (Å²) < 4.78 is 10.6. The Morgan fingerprint density at radius 1 is 1.17 bits per heavy atom. The summed E-state index contributed by atoms with van der Waals surface area (Å²) in [6, 6.07) is -0.614. The lowest BCUT2D eigenvalue weighted by molar-refractivity contribution is -0.153. The molecule has 2 rings (SSSR count). The first-order chi connectivity index (χ1) is 10.7. The number of esters is 1. The molecule has 1 N–H and O–H groups in total. The zero-order chi connectivity index (χ0) is 17.2. The third kappa shape index (κ3) is 4.59. The second-order valence-electron chi connectivity index (χ2n) is 7.62. The average Bonchev–Trinajstić information content (AvgIpc) is 2.44. The van der Waals surface area contributed by atoms with Gasteiger partial charge in [-0.3, -0.25) is 4.90 Å². The molecule has 2 aliphatic rings. The van der Waals surface area contributed by atoms with Crippen molar-refractivity contribution in [3.8, 4) is 0 Å². The van der Waals surface area contributed by atoms with E-state index in [9.17, 15) is 14.7 Å². The van der Waals surface area contributed by atoms with E-state index in [1.807, 2.05) is 20.8 Å². The quantitative estimate of drug-likeness (QED) is 0.788. The second kappa shape index (κ2) is 7.07. The summed E-state index contributed by atoms with van der Waals surface area (Å²) in [5.41, 5.74) is -0.601. The summed E-state index contributed by atoms with van der Waals surface area (Å²) in [5, 5.41) is 9.88. The van der Waals surface area contributed by atoms with Gasteiger partial charge in [0, 0.05) is 6.54 Å². The Hall–Kier alpha value is -1.30. The van der Waals surface area contributed by atoms with Crippen LogP contribution in [0, 0.1) is 11.8 Å². The SMILES string of the molecule is CCOC(=O)[C@@H]1C[C@@H]2C[C@@H](O)CC[C@H]2CN1C(=O)OC(C)(C)C. The Morgan fingerprint density at radius 3 is 2.48 bits per heavy atom. The van der Waals surface area contributed by atoms with Crippen LogP contribution >= 0.6 is 0 Å². The van der Waals surface area contributed by atoms with Crippen LogP contribution in [0.5, 0.6) is 0 Å². The van der Waals surface area contributed by atoms with Gasteiger partial charge in [0.15, 0.2) is 0 Å². The monoisotopic (exact) mass is 327 g/mol. The van der Waals surface area contributed by atoms with Gasteiger partial charge in [-0.05, 0) is 65.2 Å². The molecule has 1 aliphatic carbocycles. The number of ether oxygens (including phenoxy) is 2. The number of aliphatic hydroxyl groups excluding tert-OH is 1. The Bertz CT molecular complexity index is 445. The molecule has 1 amide bonds. The topological polar surface area (TPSA) is 76.1 Å². The zero-order valence-corrected chi connectivity index (χ0v) is 14.6. The van der Waals surface area contributed by atoms with Crippen LogP contribution in [0.15, 0.2) is 0 Å². The maximum Gasteiger partial charge on any atom is 0.411 e. The molecule has 0 bridgehead atoms. The molecule has 2 fully saturated rings. The van der Waals surface area contributed by atoms with Crippen LogP contribution < -0.4 is 0 Å². The third-order valence-electron chi connectivity index (χ3n) is 4.63. The minimum atomic E-state index is -0.614. The molecule has 4 atom stereocenters. The van der Waals surface area contributed by atoms with Gasteiger partial charge in [0.25, 0.3) is 0 Å². The number of amides is 1. The summed E-state index contributed by atoms with van der Waals surface area (Å²) in [6.07, 6.45) is 2.11. The second-order valence-corrected chi connectivity index (χ2v) is 7.62. The van der Waals surface area contributed by atoms with Crippen molar-refractivity contribution in [3.05, 3.63) is 0 Å². The van der Waals surface area contributed by atoms with Crippen molar-refractivity contribution in [2.24, 2.45) is 11.8 Å². The van der Waals surface area contributed by atoms with E-state index in [2.05, 4.69) is 0 Å². The molecule has 6 heteroatoms. The molecular formula is C17H29NO5. The highest BCUT2D eigenvalue weighted by Gasteiger charge is 2.45. The number of hydrogen-bond donors (Lipinski definition) is 1. The maximum atomic E-state index is 12.5. The van der Waals surface area contributed by atoms with Gasteiger partial charge < -0.3 is 14.6 Å². The minimum Gasteiger partial charge on any atom is -0.464 e. The molecule has 0 aromatic rings. The van der Waals surface area contributed by atoms with Crippen molar-refractivity contribution in [1.29, 1.82) is 0 Å². The van der Waals surface area contributed by atoms with Gasteiger partial charge in [-0.25, -0.2) is 9.59 Å². The highest BCUT2D eigenvalue weighted by Crippen LogP contribution is 2.39. The summed E-state index contributed by atoms with van der Waals surface area (Å²) in [6.45, 7) is 7.98. The van der Waals surface area contributed by atoms with E-state index in [0.29, 0.717) is 25.3 Å². The Labute approximate surface area is 138 Å². The van der Waals surface area contributed by atoms with Crippen molar-refractivity contribution >= 4 is 12.1 Å². The van der Waals surface area contributed by atoms with Gasteiger partial charge in [-0.2, -0.15) is 0 Å². The molecule has 0 aromatic heterocycles. The van der Waals surface area contributed by atoms with E-state index in [0.717, 1.165) is 12.8 Å². The number of carbonyl (C=O) groups excluding carboxylic acids is 2. The Balaban J connectivity index is 2.15. The van der Waals surface area contributed by atoms with Crippen molar-refractivity contribution < 1.29 is 24.2 Å². The molecule has 1 heterocycles. The molecule has 1 saturated carbocycles. The maximum absolute atomic E-state index is 12.5. The number of likely N-dealkylation sites (tertiary alicyclic amines) is 1. The van der Waals surface area contributed by atoms with Crippen LogP contribution in [0.4, 0.5) is 4.79 Å². The van der Waals surface area contributed by atoms with Gasteiger partial charge in [-0.1, -0.05) is 0 Å². The first-order valence-corrected chi connectivity index (χ1v) is 8.55. The van der Waals surface area contributed by atoms with Crippen molar-refractivity contribution in [2.45, 2.75) is 71.1 Å². The smallest absolute Gasteiger partial charge is 0.411 e. The van der Waals surface area contributed by atoms with Gasteiger partial charge in [0.05, 0.1) is 12.7 Å². The van der Waals surface area contributed by atoms with Gasteiger partial charge in [0.1, 0.15) is 11.6 Å². The summed E-state index contributed by atoms with van der Waals surface area (Å²) in [5.74, 6) is 0.195. The molecule has 23 heavy (non-hydrogen) atoms. The predicted octanol–water partition coefficient (Wildman–Crippen LogP) is 2.34. The van der Waals surface area contributed by atoms with E-state index in [-0.39, 0.29) is 24.6 Å². The van der Waals surface area contributed by atoms with Crippen LogP contribution in [0.3, 0.4) is 0 Å². The fraction of sp³-hybridized carbons (Fsp3) is 0.882. The van der Waals surface area contributed by atoms with Crippen LogP contribution in [-0.2, 0) is 14.3 Å². The minimum absolute atomic E-state index is 0.256. The first kappa shape index (κ1) is 18.0. The number of fused-ring (bicyclic) bond motifs is 1. The normalized spacial score (nSPS) is 31.3. The Morgan fingerprint density at radius 2 is 1.87 bits per heavy atom. The molecule has 0 unspecified atom stereocenters. The molecule has 1 aliphatic heterocycles. The largest absolute Gasteiger partial charge is 0.464 e. The van der Waals surface area contributed by atoms with E-state index in [1.54, 1.807) is 6.92 Å². The lowest BCUT2D eigenvalue weighted by Crippen LogP contribution is -2.56. The first-order valence-electron chi connectivity index (χ1n) is 8.55. The Kier molecular flexibility index (Phi) is 5.55. The van der Waals surface area contributed by atoms with E-state index in [4.69, 9.17) is 9.47 Å². The van der Waals surface area contributed by atoms with Crippen molar-refractivity contribution in [1.82, 2.24) is 4.90 Å². The number of piperidine rings is 1. The molecule has 1 saturated heterocycles. The van der Waals surface area contributed by atoms with Crippen LogP contribution in [-0.4, -0.2) is 53.0 Å². The number of nitrogens with zero attached hydrogens (tertiary/aromatic N) is 1. The molecule has 0 aromatic carbocycles.